The van der Waals surface area contributed by atoms with Crippen molar-refractivity contribution >= 4 is 27.6 Å². The first-order chi connectivity index (χ1) is 8.60. The van der Waals surface area contributed by atoms with Crippen molar-refractivity contribution in [2.45, 2.75) is 38.8 Å². The smallest absolute Gasteiger partial charge is 0.325 e. The van der Waals surface area contributed by atoms with Crippen molar-refractivity contribution in [3.8, 4) is 0 Å². The average molecular weight is 311 g/mol. The maximum absolute atomic E-state index is 11.8. The van der Waals surface area contributed by atoms with Crippen molar-refractivity contribution in [1.82, 2.24) is 5.32 Å². The lowest BCUT2D eigenvalue weighted by Gasteiger charge is -2.30. The first kappa shape index (κ1) is 18.7. The van der Waals surface area contributed by atoms with Gasteiger partial charge in [-0.2, -0.15) is 11.8 Å². The van der Waals surface area contributed by atoms with Crippen LogP contribution >= 0.6 is 11.8 Å². The number of carbonyl (C=O) groups is 1. The van der Waals surface area contributed by atoms with E-state index in [0.717, 1.165) is 0 Å². The molecule has 19 heavy (non-hydrogen) atoms. The number of ether oxygens (including phenoxy) is 1. The van der Waals surface area contributed by atoms with Crippen molar-refractivity contribution in [1.29, 1.82) is 0 Å². The maximum atomic E-state index is 11.8. The molecule has 0 rings (SSSR count). The van der Waals surface area contributed by atoms with E-state index in [4.69, 9.17) is 4.74 Å². The first-order valence-corrected chi connectivity index (χ1v) is 9.44. The highest BCUT2D eigenvalue weighted by Gasteiger charge is 2.34. The van der Waals surface area contributed by atoms with E-state index in [0.29, 0.717) is 17.9 Å². The Morgan fingerprint density at radius 2 is 1.95 bits per heavy atom. The molecule has 0 amide bonds. The highest BCUT2D eigenvalue weighted by molar-refractivity contribution is 8.00. The zero-order chi connectivity index (χ0) is 15.1. The van der Waals surface area contributed by atoms with Gasteiger partial charge in [-0.3, -0.25) is 10.1 Å². The van der Waals surface area contributed by atoms with E-state index in [2.05, 4.69) is 5.32 Å². The van der Waals surface area contributed by atoms with Crippen LogP contribution in [0.5, 0.6) is 0 Å². The molecule has 0 fully saturated rings. The topological polar surface area (TPSA) is 72.5 Å². The van der Waals surface area contributed by atoms with Crippen molar-refractivity contribution in [2.75, 3.05) is 30.6 Å². The van der Waals surface area contributed by atoms with Gasteiger partial charge in [0.1, 0.15) is 15.4 Å². The predicted molar refractivity (Wildman–Crippen MR) is 80.3 cm³/mol. The summed E-state index contributed by atoms with van der Waals surface area (Å²) < 4.78 is 26.8. The van der Waals surface area contributed by atoms with Crippen LogP contribution in [0.1, 0.15) is 27.2 Å². The summed E-state index contributed by atoms with van der Waals surface area (Å²) in [6.45, 7) is 5.76. The Morgan fingerprint density at radius 3 is 2.37 bits per heavy atom. The van der Waals surface area contributed by atoms with Crippen LogP contribution in [0.15, 0.2) is 0 Å². The molecule has 0 spiro atoms. The third-order valence-electron chi connectivity index (χ3n) is 2.59. The Labute approximate surface area is 120 Å². The van der Waals surface area contributed by atoms with Gasteiger partial charge in [0.15, 0.2) is 0 Å². The summed E-state index contributed by atoms with van der Waals surface area (Å²) in [5.74, 6) is 1.15. The van der Waals surface area contributed by atoms with Gasteiger partial charge in [0.05, 0.1) is 12.9 Å². The van der Waals surface area contributed by atoms with E-state index < -0.39 is 15.4 Å². The third-order valence-corrected chi connectivity index (χ3v) is 4.78. The summed E-state index contributed by atoms with van der Waals surface area (Å²) in [5, 5.41) is 3.21. The van der Waals surface area contributed by atoms with Gasteiger partial charge in [-0.25, -0.2) is 8.42 Å². The van der Waals surface area contributed by atoms with Gasteiger partial charge in [0.25, 0.3) is 0 Å². The normalized spacial score (nSPS) is 15.3. The van der Waals surface area contributed by atoms with Crippen LogP contribution in [0.3, 0.4) is 0 Å². The molecular weight excluding hydrogens is 286 g/mol. The third kappa shape index (κ3) is 8.49. The lowest BCUT2D eigenvalue weighted by atomic mass is 9.98. The Hall–Kier alpha value is -0.270. The van der Waals surface area contributed by atoms with E-state index in [-0.39, 0.29) is 17.8 Å². The molecule has 0 bridgehead atoms. The van der Waals surface area contributed by atoms with Crippen LogP contribution < -0.4 is 5.32 Å². The molecule has 114 valence electrons. The SMILES string of the molecule is COC(=O)C(C)(CCSCCS(C)(=O)=O)NC(C)C. The maximum Gasteiger partial charge on any atom is 0.325 e. The fourth-order valence-electron chi connectivity index (χ4n) is 1.68. The molecule has 1 unspecified atom stereocenters. The van der Waals surface area contributed by atoms with Crippen LogP contribution in [-0.2, 0) is 19.4 Å². The monoisotopic (exact) mass is 311 g/mol. The number of hydrogen-bond donors (Lipinski definition) is 1. The number of rotatable bonds is 9. The van der Waals surface area contributed by atoms with E-state index in [1.807, 2.05) is 20.8 Å². The number of sulfone groups is 1. The van der Waals surface area contributed by atoms with Crippen molar-refractivity contribution < 1.29 is 17.9 Å². The van der Waals surface area contributed by atoms with Gasteiger partial charge in [-0.1, -0.05) is 0 Å². The van der Waals surface area contributed by atoms with Crippen molar-refractivity contribution in [2.24, 2.45) is 0 Å². The standard InChI is InChI=1S/C12H25NO4S2/c1-10(2)13-12(3,11(14)17-4)6-7-18-8-9-19(5,15)16/h10,13H,6-9H2,1-5H3. The molecule has 0 aromatic heterocycles. The Morgan fingerprint density at radius 1 is 1.37 bits per heavy atom. The zero-order valence-corrected chi connectivity index (χ0v) is 14.0. The van der Waals surface area contributed by atoms with E-state index in [1.54, 1.807) is 0 Å². The van der Waals surface area contributed by atoms with Gasteiger partial charge in [-0.15, -0.1) is 0 Å². The molecule has 0 saturated carbocycles. The minimum Gasteiger partial charge on any atom is -0.468 e. The molecule has 0 aliphatic heterocycles. The Balaban J connectivity index is 4.25. The summed E-state index contributed by atoms with van der Waals surface area (Å²) in [6.07, 6.45) is 1.83. The minimum absolute atomic E-state index is 0.171. The lowest BCUT2D eigenvalue weighted by molar-refractivity contribution is -0.148. The number of methoxy groups -OCH3 is 1. The van der Waals surface area contributed by atoms with Gasteiger partial charge in [-0.05, 0) is 32.9 Å². The van der Waals surface area contributed by atoms with Crippen LogP contribution in [0, 0.1) is 0 Å². The van der Waals surface area contributed by atoms with Gasteiger partial charge in [0.2, 0.25) is 0 Å². The second kappa shape index (κ2) is 8.11. The van der Waals surface area contributed by atoms with Gasteiger partial charge < -0.3 is 4.74 Å². The fourth-order valence-corrected chi connectivity index (χ4v) is 4.12. The molecule has 0 saturated heterocycles. The molecule has 7 heteroatoms. The van der Waals surface area contributed by atoms with E-state index in [9.17, 15) is 13.2 Å². The quantitative estimate of drug-likeness (QED) is 0.507. The Kier molecular flexibility index (Phi) is 8.00. The zero-order valence-electron chi connectivity index (χ0n) is 12.4. The Bertz CT molecular complexity index is 381. The lowest BCUT2D eigenvalue weighted by Crippen LogP contribution is -2.53. The number of esters is 1. The van der Waals surface area contributed by atoms with Gasteiger partial charge >= 0.3 is 5.97 Å². The summed E-state index contributed by atoms with van der Waals surface area (Å²) in [6, 6.07) is 0.171. The highest BCUT2D eigenvalue weighted by atomic mass is 32.2. The molecule has 0 aliphatic carbocycles. The number of carbonyl (C=O) groups excluding carboxylic acids is 1. The van der Waals surface area contributed by atoms with Crippen molar-refractivity contribution in [3.63, 3.8) is 0 Å². The average Bonchev–Trinajstić information content (AvgIpc) is 2.24. The van der Waals surface area contributed by atoms with Crippen LogP contribution in [0.4, 0.5) is 0 Å². The minimum atomic E-state index is -2.91. The second-order valence-corrected chi connectivity index (χ2v) is 8.60. The molecule has 0 aromatic rings. The molecule has 1 atom stereocenters. The van der Waals surface area contributed by atoms with Gasteiger partial charge in [0, 0.05) is 18.1 Å². The molecular formula is C12H25NO4S2. The summed E-state index contributed by atoms with van der Waals surface area (Å²) >= 11 is 1.54. The summed E-state index contributed by atoms with van der Waals surface area (Å²) in [7, 11) is -1.53. The van der Waals surface area contributed by atoms with Crippen LogP contribution in [0.2, 0.25) is 0 Å². The molecule has 0 aliphatic rings. The number of thioether (sulfide) groups is 1. The molecule has 5 nitrogen and oxygen atoms in total. The largest absolute Gasteiger partial charge is 0.468 e. The first-order valence-electron chi connectivity index (χ1n) is 6.22. The fraction of sp³-hybridized carbons (Fsp3) is 0.917. The number of nitrogens with one attached hydrogen (secondary N) is 1. The van der Waals surface area contributed by atoms with E-state index >= 15 is 0 Å². The molecule has 0 aromatic carbocycles. The van der Waals surface area contributed by atoms with Crippen molar-refractivity contribution in [3.05, 3.63) is 0 Å². The second-order valence-electron chi connectivity index (χ2n) is 5.11. The number of hydrogen-bond acceptors (Lipinski definition) is 6. The van der Waals surface area contributed by atoms with E-state index in [1.165, 1.54) is 25.1 Å². The highest BCUT2D eigenvalue weighted by Crippen LogP contribution is 2.17. The molecule has 0 radical (unpaired) electrons. The molecule has 0 heterocycles. The molecule has 1 N–H and O–H groups in total. The summed E-state index contributed by atoms with van der Waals surface area (Å²) in [5.41, 5.74) is -0.721. The van der Waals surface area contributed by atoms with Crippen LogP contribution in [-0.4, -0.2) is 56.6 Å². The summed E-state index contributed by atoms with van der Waals surface area (Å²) in [4.78, 5) is 11.8. The predicted octanol–water partition coefficient (Wildman–Crippen LogP) is 1.08. The van der Waals surface area contributed by atoms with Crippen LogP contribution in [0.25, 0.3) is 0 Å².